The quantitative estimate of drug-likeness (QED) is 0.457. The molecule has 0 aliphatic heterocycles. The maximum absolute atomic E-state index is 11.7. The molecule has 19 heavy (non-hydrogen) atoms. The van der Waals surface area contributed by atoms with E-state index >= 15 is 0 Å². The van der Waals surface area contributed by atoms with E-state index in [-0.39, 0.29) is 5.92 Å². The Kier molecular flexibility index (Phi) is 8.34. The number of aliphatic carboxylic acids is 1. The number of hydrogen-bond donors (Lipinski definition) is 4. The standard InChI is InChI=1S/C13H26N2O4/c1-4-5-6-7-9(14)11(16)12(17)15-10(8(2)3)13(18)19/h8-11,16H,4-7,14H2,1-3H3,(H,15,17)(H,18,19)/t9-,10+,11+/m1/s1. The summed E-state index contributed by atoms with van der Waals surface area (Å²) >= 11 is 0. The minimum absolute atomic E-state index is 0.259. The summed E-state index contributed by atoms with van der Waals surface area (Å²) in [6.07, 6.45) is 2.04. The summed E-state index contributed by atoms with van der Waals surface area (Å²) in [7, 11) is 0. The zero-order chi connectivity index (χ0) is 15.0. The first-order valence-corrected chi connectivity index (χ1v) is 6.78. The maximum Gasteiger partial charge on any atom is 0.326 e. The largest absolute Gasteiger partial charge is 0.480 e. The highest BCUT2D eigenvalue weighted by atomic mass is 16.4. The van der Waals surface area contributed by atoms with Crippen LogP contribution in [0.15, 0.2) is 0 Å². The number of aliphatic hydroxyl groups excluding tert-OH is 1. The van der Waals surface area contributed by atoms with Crippen molar-refractivity contribution in [1.82, 2.24) is 5.32 Å². The fourth-order valence-electron chi connectivity index (χ4n) is 1.73. The van der Waals surface area contributed by atoms with Gasteiger partial charge in [0.25, 0.3) is 5.91 Å². The van der Waals surface area contributed by atoms with Gasteiger partial charge in [-0.25, -0.2) is 4.79 Å². The fraction of sp³-hybridized carbons (Fsp3) is 0.846. The van der Waals surface area contributed by atoms with Crippen LogP contribution in [-0.4, -0.2) is 40.3 Å². The van der Waals surface area contributed by atoms with Crippen molar-refractivity contribution in [3.8, 4) is 0 Å². The minimum atomic E-state index is -1.36. The summed E-state index contributed by atoms with van der Waals surface area (Å²) in [5.74, 6) is -2.09. The molecule has 3 atom stereocenters. The van der Waals surface area contributed by atoms with Gasteiger partial charge in [0.05, 0.1) is 0 Å². The van der Waals surface area contributed by atoms with Gasteiger partial charge in [-0.1, -0.05) is 40.0 Å². The third-order valence-electron chi connectivity index (χ3n) is 3.05. The van der Waals surface area contributed by atoms with E-state index in [1.807, 2.05) is 0 Å². The third-order valence-corrected chi connectivity index (χ3v) is 3.05. The highest BCUT2D eigenvalue weighted by Gasteiger charge is 2.29. The predicted molar refractivity (Wildman–Crippen MR) is 72.5 cm³/mol. The van der Waals surface area contributed by atoms with Crippen LogP contribution in [0, 0.1) is 5.92 Å². The highest BCUT2D eigenvalue weighted by molar-refractivity contribution is 5.86. The number of carbonyl (C=O) groups excluding carboxylic acids is 1. The average molecular weight is 274 g/mol. The highest BCUT2D eigenvalue weighted by Crippen LogP contribution is 2.07. The van der Waals surface area contributed by atoms with Crippen molar-refractivity contribution in [2.75, 3.05) is 0 Å². The Balaban J connectivity index is 4.35. The first-order chi connectivity index (χ1) is 8.81. The van der Waals surface area contributed by atoms with Gasteiger partial charge < -0.3 is 21.3 Å². The fourth-order valence-corrected chi connectivity index (χ4v) is 1.73. The van der Waals surface area contributed by atoms with Gasteiger partial charge in [0.2, 0.25) is 0 Å². The lowest BCUT2D eigenvalue weighted by molar-refractivity contribution is -0.145. The molecule has 0 aliphatic carbocycles. The predicted octanol–water partition coefficient (Wildman–Crippen LogP) is 0.480. The molecule has 6 nitrogen and oxygen atoms in total. The normalized spacial score (nSPS) is 15.9. The molecule has 0 aliphatic rings. The van der Waals surface area contributed by atoms with Crippen LogP contribution in [0.2, 0.25) is 0 Å². The van der Waals surface area contributed by atoms with E-state index in [0.29, 0.717) is 6.42 Å². The van der Waals surface area contributed by atoms with Crippen LogP contribution >= 0.6 is 0 Å². The number of carboxylic acids is 1. The van der Waals surface area contributed by atoms with Crippen molar-refractivity contribution in [2.45, 2.75) is 64.6 Å². The molecule has 5 N–H and O–H groups in total. The van der Waals surface area contributed by atoms with Crippen LogP contribution < -0.4 is 11.1 Å². The van der Waals surface area contributed by atoms with E-state index in [1.54, 1.807) is 13.8 Å². The van der Waals surface area contributed by atoms with E-state index < -0.39 is 30.1 Å². The van der Waals surface area contributed by atoms with Crippen LogP contribution in [0.4, 0.5) is 0 Å². The Labute approximate surface area is 114 Å². The monoisotopic (exact) mass is 274 g/mol. The SMILES string of the molecule is CCCCC[C@@H](N)[C@H](O)C(=O)N[C@H](C(=O)O)C(C)C. The van der Waals surface area contributed by atoms with E-state index in [9.17, 15) is 14.7 Å². The van der Waals surface area contributed by atoms with Gasteiger partial charge in [-0.05, 0) is 12.3 Å². The molecule has 0 rings (SSSR count). The molecule has 0 heterocycles. The van der Waals surface area contributed by atoms with Crippen LogP contribution in [0.3, 0.4) is 0 Å². The molecule has 0 unspecified atom stereocenters. The molecule has 0 radical (unpaired) electrons. The average Bonchev–Trinajstić information content (AvgIpc) is 2.33. The molecule has 0 bridgehead atoms. The number of hydrogen-bond acceptors (Lipinski definition) is 4. The van der Waals surface area contributed by atoms with Gasteiger partial charge in [-0.3, -0.25) is 4.79 Å². The van der Waals surface area contributed by atoms with Crippen LogP contribution in [0.5, 0.6) is 0 Å². The first-order valence-electron chi connectivity index (χ1n) is 6.78. The van der Waals surface area contributed by atoms with E-state index in [4.69, 9.17) is 10.8 Å². The van der Waals surface area contributed by atoms with Gasteiger partial charge in [-0.2, -0.15) is 0 Å². The van der Waals surface area contributed by atoms with Crippen molar-refractivity contribution in [1.29, 1.82) is 0 Å². The van der Waals surface area contributed by atoms with E-state index in [0.717, 1.165) is 19.3 Å². The maximum atomic E-state index is 11.7. The number of nitrogens with one attached hydrogen (secondary N) is 1. The zero-order valence-electron chi connectivity index (χ0n) is 11.9. The summed E-state index contributed by atoms with van der Waals surface area (Å²) in [4.78, 5) is 22.7. The van der Waals surface area contributed by atoms with Gasteiger partial charge in [0.1, 0.15) is 12.1 Å². The van der Waals surface area contributed by atoms with Crippen molar-refractivity contribution < 1.29 is 19.8 Å². The Bertz CT molecular complexity index is 294. The number of carbonyl (C=O) groups is 2. The second-order valence-corrected chi connectivity index (χ2v) is 5.17. The Morgan fingerprint density at radius 2 is 1.84 bits per heavy atom. The molecule has 0 saturated carbocycles. The van der Waals surface area contributed by atoms with Crippen LogP contribution in [0.25, 0.3) is 0 Å². The number of rotatable bonds is 9. The van der Waals surface area contributed by atoms with Crippen molar-refractivity contribution in [3.05, 3.63) is 0 Å². The van der Waals surface area contributed by atoms with E-state index in [2.05, 4.69) is 12.2 Å². The van der Waals surface area contributed by atoms with Crippen molar-refractivity contribution in [2.24, 2.45) is 11.7 Å². The molecule has 0 spiro atoms. The smallest absolute Gasteiger partial charge is 0.326 e. The van der Waals surface area contributed by atoms with Gasteiger partial charge in [0, 0.05) is 6.04 Å². The molecule has 0 fully saturated rings. The lowest BCUT2D eigenvalue weighted by Gasteiger charge is -2.23. The molecule has 112 valence electrons. The Morgan fingerprint density at radius 3 is 2.26 bits per heavy atom. The zero-order valence-corrected chi connectivity index (χ0v) is 11.9. The van der Waals surface area contributed by atoms with Crippen LogP contribution in [-0.2, 0) is 9.59 Å². The molecule has 0 aromatic heterocycles. The molecule has 0 aromatic rings. The molecule has 6 heteroatoms. The summed E-state index contributed by atoms with van der Waals surface area (Å²) in [5, 5.41) is 21.0. The molecular weight excluding hydrogens is 248 g/mol. The van der Waals surface area contributed by atoms with E-state index in [1.165, 1.54) is 0 Å². The van der Waals surface area contributed by atoms with Gasteiger partial charge in [0.15, 0.2) is 0 Å². The first kappa shape index (κ1) is 17.9. The summed E-state index contributed by atoms with van der Waals surface area (Å²) in [5.41, 5.74) is 5.73. The summed E-state index contributed by atoms with van der Waals surface area (Å²) < 4.78 is 0. The number of aliphatic hydroxyl groups is 1. The molecule has 0 saturated heterocycles. The lowest BCUT2D eigenvalue weighted by atomic mass is 10.0. The molecular formula is C13H26N2O4. The number of amides is 1. The lowest BCUT2D eigenvalue weighted by Crippen LogP contribution is -2.52. The Morgan fingerprint density at radius 1 is 1.26 bits per heavy atom. The second-order valence-electron chi connectivity index (χ2n) is 5.17. The number of nitrogens with two attached hydrogens (primary N) is 1. The minimum Gasteiger partial charge on any atom is -0.480 e. The van der Waals surface area contributed by atoms with Gasteiger partial charge >= 0.3 is 5.97 Å². The summed E-state index contributed by atoms with van der Waals surface area (Å²) in [6.45, 7) is 5.42. The number of carboxylic acid groups (broad SMARTS) is 1. The topological polar surface area (TPSA) is 113 Å². The number of unbranched alkanes of at least 4 members (excludes halogenated alkanes) is 2. The Hall–Kier alpha value is -1.14. The van der Waals surface area contributed by atoms with Crippen LogP contribution in [0.1, 0.15) is 46.5 Å². The summed E-state index contributed by atoms with van der Waals surface area (Å²) in [6, 6.07) is -1.67. The second kappa shape index (κ2) is 8.87. The molecule has 0 aromatic carbocycles. The van der Waals surface area contributed by atoms with Crippen molar-refractivity contribution >= 4 is 11.9 Å². The van der Waals surface area contributed by atoms with Gasteiger partial charge in [-0.15, -0.1) is 0 Å². The molecule has 1 amide bonds. The third kappa shape index (κ3) is 6.54. The van der Waals surface area contributed by atoms with Crippen molar-refractivity contribution in [3.63, 3.8) is 0 Å².